The summed E-state index contributed by atoms with van der Waals surface area (Å²) in [5.74, 6) is 0.255. The number of aliphatic hydroxyl groups excluding tert-OH is 4. The molecule has 480 valence electrons. The van der Waals surface area contributed by atoms with E-state index in [9.17, 15) is 38.2 Å². The summed E-state index contributed by atoms with van der Waals surface area (Å²) in [4.78, 5) is 68.4. The number of nitrogens with one attached hydrogen (secondary N) is 2. The van der Waals surface area contributed by atoms with Crippen molar-refractivity contribution < 1.29 is 73.8 Å². The third kappa shape index (κ3) is 17.3. The van der Waals surface area contributed by atoms with Crippen molar-refractivity contribution in [3.63, 3.8) is 0 Å². The van der Waals surface area contributed by atoms with E-state index in [2.05, 4.69) is 45.6 Å². The van der Waals surface area contributed by atoms with E-state index < -0.39 is 66.7 Å². The Morgan fingerprint density at radius 2 is 1.04 bits per heavy atom. The fraction of sp³-hybridized carbons (Fsp3) is 0.312. The second kappa shape index (κ2) is 34.5. The van der Waals surface area contributed by atoms with Crippen LogP contribution in [0.1, 0.15) is 100 Å². The third-order valence-electron chi connectivity index (χ3n) is 13.4. The number of alkyl halides is 3. The molecule has 8 atom stereocenters. The molecular formula is C64H75ClF2N10O13. The zero-order valence-corrected chi connectivity index (χ0v) is 48.0. The number of hydrogen-bond acceptors (Lipinski definition) is 18. The van der Waals surface area contributed by atoms with Crippen molar-refractivity contribution in [3.8, 4) is 11.5 Å². The number of Topliss-reactive ketones (excluding diaryl/α,β-unsaturated/α-hetero) is 1. The molecular weight excluding hydrogens is 1190 g/mol. The van der Waals surface area contributed by atoms with Crippen LogP contribution in [-0.2, 0) is 23.9 Å². The number of aliphatic hydroxyl groups is 4. The second-order valence-corrected chi connectivity index (χ2v) is 19.6. The van der Waals surface area contributed by atoms with E-state index in [0.29, 0.717) is 11.1 Å². The number of fused-ring (bicyclic) bond motifs is 2. The molecule has 2 unspecified atom stereocenters. The Hall–Kier alpha value is -9.21. The van der Waals surface area contributed by atoms with Crippen LogP contribution in [0.2, 0.25) is 0 Å². The van der Waals surface area contributed by atoms with Crippen LogP contribution < -0.4 is 20.1 Å². The minimum Gasteiger partial charge on any atom is -0.497 e. The Labute approximate surface area is 527 Å². The Kier molecular flexibility index (Phi) is 26.8. The van der Waals surface area contributed by atoms with Gasteiger partial charge in [0.2, 0.25) is 1.43 Å². The second-order valence-electron chi connectivity index (χ2n) is 19.0. The molecule has 4 aromatic heterocycles. The monoisotopic (exact) mass is 1270 g/mol. The lowest BCUT2D eigenvalue weighted by Crippen LogP contribution is -2.29. The summed E-state index contributed by atoms with van der Waals surface area (Å²) >= 11 is 7.22. The predicted octanol–water partition coefficient (Wildman–Crippen LogP) is 9.55. The van der Waals surface area contributed by atoms with Gasteiger partial charge in [0.15, 0.2) is 58.8 Å². The molecule has 23 nitrogen and oxygen atoms in total. The molecule has 7 N–H and O–H groups in total. The first-order chi connectivity index (χ1) is 42.9. The number of nitrogens with zero attached hydrogens (tertiary/aromatic N) is 8. The van der Waals surface area contributed by atoms with Crippen LogP contribution in [0.15, 0.2) is 165 Å². The van der Waals surface area contributed by atoms with Crippen molar-refractivity contribution in [1.29, 1.82) is 1.43 Å². The highest BCUT2D eigenvalue weighted by Crippen LogP contribution is 2.44. The number of carbonyl (C=O) groups is 4. The largest absolute Gasteiger partial charge is 0.497 e. The van der Waals surface area contributed by atoms with Crippen molar-refractivity contribution in [1.82, 2.24) is 39.0 Å². The van der Waals surface area contributed by atoms with E-state index in [1.54, 1.807) is 74.9 Å². The van der Waals surface area contributed by atoms with E-state index in [4.69, 9.17) is 43.6 Å². The number of rotatable bonds is 15. The molecule has 2 aliphatic heterocycles. The standard InChI is InChI=1S/C21H19ClO2.C17H16FN5O4.C17H16FN5O3.C5H8O3.CH4O.3CH4/c1-23-19-12-8-17(9-13-19)21(22,16-6-4-3-5-7-16)18-10-14-20(24-2)15-11-18;18-11-10(6-24)27-17(13(11)25)23-8-21-12-14(19-7-20-15(12)23)22-16(26)9-4-2-1-3-5-9;1-9-11(18)13(24)17(26-9)23-8-21-12-14(19-7-20-15(12)23)22-16(25)10-5-3-2-4-6-10;1-4(6)2-3-5(7)8;1-2;;;/h3-15H,1-2H3;1-5,7-8,10-11,13,17,24-25H,6H2,(H,19,20,22,26);2-9,11,13,17,24H,1H3,(H,19,20,22,25);2-3H2,1H3,(H,7,8);2H,1H3;3*1H4/t;10-,11+,13?,17-;9-,11+,13?,17-;;;;;/m.11...../s1/i;;1D;;2T;;;. The number of carboxylic acids is 1. The molecule has 0 spiro atoms. The average Bonchev–Trinajstić information content (AvgIpc) is 1.30. The lowest BCUT2D eigenvalue weighted by atomic mass is 9.84. The quantitative estimate of drug-likeness (QED) is 0.0371. The molecule has 26 heteroatoms. The zero-order chi connectivity index (χ0) is 64.2. The van der Waals surface area contributed by atoms with Gasteiger partial charge in [-0.1, -0.05) is 113 Å². The fourth-order valence-corrected chi connectivity index (χ4v) is 9.30. The summed E-state index contributed by atoms with van der Waals surface area (Å²) in [6.45, 7) is 0.506. The van der Waals surface area contributed by atoms with E-state index in [0.717, 1.165) is 28.2 Å². The zero-order valence-electron chi connectivity index (χ0n) is 49.2. The van der Waals surface area contributed by atoms with Crippen molar-refractivity contribution in [3.05, 3.63) is 193 Å². The number of ether oxygens (including phenoxy) is 4. The van der Waals surface area contributed by atoms with Gasteiger partial charge in [-0.2, -0.15) is 0 Å². The Balaban J connectivity index is 0.000000268. The number of anilines is 2. The molecule has 90 heavy (non-hydrogen) atoms. The number of aromatic nitrogens is 8. The molecule has 6 heterocycles. The molecule has 0 aliphatic carbocycles. The Bertz CT molecular complexity index is 3520. The third-order valence-corrected chi connectivity index (χ3v) is 14.1. The van der Waals surface area contributed by atoms with Crippen LogP contribution in [0.4, 0.5) is 20.4 Å². The minimum atomic E-state index is -1.74. The maximum atomic E-state index is 14.0. The van der Waals surface area contributed by atoms with Gasteiger partial charge in [-0.15, -0.1) is 11.6 Å². The highest BCUT2D eigenvalue weighted by molar-refractivity contribution is 6.28. The van der Waals surface area contributed by atoms with E-state index in [-0.39, 0.29) is 93.6 Å². The van der Waals surface area contributed by atoms with Crippen molar-refractivity contribution >= 4 is 69.1 Å². The topological polar surface area (TPSA) is 318 Å². The summed E-state index contributed by atoms with van der Waals surface area (Å²) < 4.78 is 65.1. The van der Waals surface area contributed by atoms with Gasteiger partial charge in [0, 0.05) is 26.0 Å². The summed E-state index contributed by atoms with van der Waals surface area (Å²) in [6.07, 6.45) is -5.47. The highest BCUT2D eigenvalue weighted by Gasteiger charge is 2.46. The lowest BCUT2D eigenvalue weighted by molar-refractivity contribution is -0.138. The number of carbonyl (C=O) groups excluding carboxylic acids is 3. The molecule has 9 aromatic rings. The molecule has 0 radical (unpaired) electrons. The van der Waals surface area contributed by atoms with Gasteiger partial charge in [0.25, 0.3) is 11.8 Å². The summed E-state index contributed by atoms with van der Waals surface area (Å²) in [6, 6.07) is 43.0. The van der Waals surface area contributed by atoms with Crippen LogP contribution in [0.3, 0.4) is 0 Å². The summed E-state index contributed by atoms with van der Waals surface area (Å²) in [5.41, 5.74) is 4.96. The number of imidazole rings is 2. The number of hydrogen-bond donors (Lipinski definition) is 7. The van der Waals surface area contributed by atoms with Gasteiger partial charge < -0.3 is 59.9 Å². The number of amides is 2. The van der Waals surface area contributed by atoms with Crippen LogP contribution >= 0.6 is 11.6 Å². The van der Waals surface area contributed by atoms with E-state index >= 15 is 0 Å². The molecule has 0 bridgehead atoms. The van der Waals surface area contributed by atoms with Gasteiger partial charge in [-0.3, -0.25) is 23.5 Å². The van der Waals surface area contributed by atoms with Crippen molar-refractivity contribution in [2.45, 2.75) is 103 Å². The predicted molar refractivity (Wildman–Crippen MR) is 336 cm³/mol. The van der Waals surface area contributed by atoms with Crippen LogP contribution in [0.25, 0.3) is 22.3 Å². The van der Waals surface area contributed by atoms with Crippen LogP contribution in [0, 0.1) is 0 Å². The number of aliphatic carboxylic acids is 1. The summed E-state index contributed by atoms with van der Waals surface area (Å²) in [7, 11) is 4.60. The number of halogens is 3. The van der Waals surface area contributed by atoms with Gasteiger partial charge in [-0.05, 0) is 79.0 Å². The maximum Gasteiger partial charge on any atom is 0.303 e. The Morgan fingerprint density at radius 3 is 1.40 bits per heavy atom. The smallest absolute Gasteiger partial charge is 0.303 e. The highest BCUT2D eigenvalue weighted by atomic mass is 35.5. The average molecular weight is 1270 g/mol. The first kappa shape index (κ1) is 69.9. The number of methoxy groups -OCH3 is 2. The molecule has 2 amide bonds. The van der Waals surface area contributed by atoms with Gasteiger partial charge in [-0.25, -0.2) is 38.7 Å². The normalized spacial score (nSPS) is 19.0. The van der Waals surface area contributed by atoms with E-state index in [1.807, 2.05) is 78.9 Å². The van der Waals surface area contributed by atoms with Crippen LogP contribution in [0.5, 0.6) is 11.5 Å². The number of benzene rings is 5. The van der Waals surface area contributed by atoms with Crippen LogP contribution in [-0.4, -0.2) is 154 Å². The molecule has 2 aliphatic rings. The molecule has 2 fully saturated rings. The Morgan fingerprint density at radius 1 is 0.644 bits per heavy atom. The maximum absolute atomic E-state index is 14.0. The molecule has 11 rings (SSSR count). The van der Waals surface area contributed by atoms with Gasteiger partial charge in [0.1, 0.15) is 53.1 Å². The molecule has 2 saturated heterocycles. The first-order valence-corrected chi connectivity index (χ1v) is 27.0. The molecule has 0 saturated carbocycles. The first-order valence-electron chi connectivity index (χ1n) is 27.7. The SMILES string of the molecule is C.C.C.CC(=O)CCC(=O)O.COc1ccc(C(Cl)(c2ccccc2)c2ccc(OC)cc2)cc1.O=C(Nc1ncnc2c1ncn2[C@@H]1O[C@H](CO)[C@H](F)C1O)c1ccccc1.[2H]C[C@H]1O[C@@H](n2cnc3c(NC(=O)c4ccccc4)ncnc32)C(O)[C@H]1F.[3H]OC. The summed E-state index contributed by atoms with van der Waals surface area (Å²) in [5, 5.41) is 46.2. The fourth-order valence-electron chi connectivity index (χ4n) is 8.92. The number of carboxylic acid groups (broad SMARTS) is 1. The van der Waals surface area contributed by atoms with E-state index in [1.165, 1.54) is 48.5 Å². The van der Waals surface area contributed by atoms with Crippen molar-refractivity contribution in [2.75, 3.05) is 38.6 Å². The molecule has 5 aromatic carbocycles. The van der Waals surface area contributed by atoms with Gasteiger partial charge >= 0.3 is 5.97 Å². The minimum absolute atomic E-state index is 0. The number of ketones is 1. The lowest BCUT2D eigenvalue weighted by Gasteiger charge is -2.29. The van der Waals surface area contributed by atoms with Gasteiger partial charge in [0.05, 0.1) is 46.0 Å². The van der Waals surface area contributed by atoms with Crippen molar-refractivity contribution in [2.24, 2.45) is 0 Å².